The van der Waals surface area contributed by atoms with E-state index in [1.165, 1.54) is 5.56 Å². The normalized spacial score (nSPS) is 16.9. The van der Waals surface area contributed by atoms with Crippen LogP contribution in [0.3, 0.4) is 0 Å². The summed E-state index contributed by atoms with van der Waals surface area (Å²) >= 11 is 0. The van der Waals surface area contributed by atoms with Gasteiger partial charge in [0.25, 0.3) is 0 Å². The van der Waals surface area contributed by atoms with Crippen LogP contribution in [0.2, 0.25) is 0 Å². The van der Waals surface area contributed by atoms with Crippen LogP contribution in [0, 0.1) is 0 Å². The first-order chi connectivity index (χ1) is 10.4. The molecule has 1 unspecified atom stereocenters. The number of aromatic nitrogens is 2. The molecule has 1 aliphatic rings. The predicted molar refractivity (Wildman–Crippen MR) is 79.7 cm³/mol. The second kappa shape index (κ2) is 6.54. The maximum atomic E-state index is 5.85. The SMILES string of the molecule is COc1cccc2c1OCC(NCCc1cnccn1)C2. The van der Waals surface area contributed by atoms with Crippen LogP contribution < -0.4 is 14.8 Å². The van der Waals surface area contributed by atoms with Gasteiger partial charge >= 0.3 is 0 Å². The van der Waals surface area contributed by atoms with Gasteiger partial charge < -0.3 is 14.8 Å². The summed E-state index contributed by atoms with van der Waals surface area (Å²) < 4.78 is 11.2. The fraction of sp³-hybridized carbons (Fsp3) is 0.375. The lowest BCUT2D eigenvalue weighted by Gasteiger charge is -2.27. The summed E-state index contributed by atoms with van der Waals surface area (Å²) in [6.45, 7) is 1.53. The highest BCUT2D eigenvalue weighted by molar-refractivity contribution is 5.48. The van der Waals surface area contributed by atoms with E-state index in [0.29, 0.717) is 12.6 Å². The monoisotopic (exact) mass is 285 g/mol. The lowest BCUT2D eigenvalue weighted by molar-refractivity contribution is 0.228. The van der Waals surface area contributed by atoms with E-state index in [9.17, 15) is 0 Å². The number of ether oxygens (including phenoxy) is 2. The summed E-state index contributed by atoms with van der Waals surface area (Å²) in [5.74, 6) is 1.69. The van der Waals surface area contributed by atoms with Crippen LogP contribution in [-0.4, -0.2) is 36.3 Å². The maximum absolute atomic E-state index is 5.85. The predicted octanol–water partition coefficient (Wildman–Crippen LogP) is 1.62. The maximum Gasteiger partial charge on any atom is 0.164 e. The zero-order valence-corrected chi connectivity index (χ0v) is 12.1. The largest absolute Gasteiger partial charge is 0.493 e. The minimum atomic E-state index is 0.321. The number of hydrogen-bond acceptors (Lipinski definition) is 5. The Morgan fingerprint density at radius 1 is 1.38 bits per heavy atom. The second-order valence-electron chi connectivity index (χ2n) is 5.06. The Morgan fingerprint density at radius 2 is 2.33 bits per heavy atom. The summed E-state index contributed by atoms with van der Waals surface area (Å²) in [5, 5.41) is 3.51. The lowest BCUT2D eigenvalue weighted by Crippen LogP contribution is -2.40. The third-order valence-electron chi connectivity index (χ3n) is 3.61. The van der Waals surface area contributed by atoms with E-state index in [-0.39, 0.29) is 0 Å². The van der Waals surface area contributed by atoms with Crippen molar-refractivity contribution in [3.63, 3.8) is 0 Å². The molecule has 0 saturated heterocycles. The molecule has 0 saturated carbocycles. The van der Waals surface area contributed by atoms with E-state index in [1.807, 2.05) is 12.1 Å². The van der Waals surface area contributed by atoms with E-state index in [1.54, 1.807) is 25.7 Å². The first-order valence-electron chi connectivity index (χ1n) is 7.14. The summed E-state index contributed by atoms with van der Waals surface area (Å²) in [6, 6.07) is 6.35. The van der Waals surface area contributed by atoms with Gasteiger partial charge in [0.2, 0.25) is 0 Å². The van der Waals surface area contributed by atoms with Crippen molar-refractivity contribution in [2.24, 2.45) is 0 Å². The van der Waals surface area contributed by atoms with Crippen LogP contribution in [0.1, 0.15) is 11.3 Å². The van der Waals surface area contributed by atoms with Crippen LogP contribution in [0.25, 0.3) is 0 Å². The molecule has 1 aliphatic heterocycles. The van der Waals surface area contributed by atoms with Crippen molar-refractivity contribution < 1.29 is 9.47 Å². The first-order valence-corrected chi connectivity index (χ1v) is 7.14. The summed E-state index contributed by atoms with van der Waals surface area (Å²) in [7, 11) is 1.67. The average Bonchev–Trinajstić information content (AvgIpc) is 2.55. The van der Waals surface area contributed by atoms with Crippen molar-refractivity contribution >= 4 is 0 Å². The molecule has 1 atom stereocenters. The number of benzene rings is 1. The quantitative estimate of drug-likeness (QED) is 0.904. The molecular formula is C16H19N3O2. The van der Waals surface area contributed by atoms with Crippen LogP contribution in [-0.2, 0) is 12.8 Å². The smallest absolute Gasteiger partial charge is 0.164 e. The molecule has 3 rings (SSSR count). The number of nitrogens with zero attached hydrogens (tertiary/aromatic N) is 2. The molecule has 2 aromatic rings. The van der Waals surface area contributed by atoms with Gasteiger partial charge in [-0.1, -0.05) is 12.1 Å². The Balaban J connectivity index is 1.55. The number of hydrogen-bond donors (Lipinski definition) is 1. The molecule has 1 N–H and O–H groups in total. The molecule has 0 bridgehead atoms. The molecule has 5 nitrogen and oxygen atoms in total. The molecule has 0 radical (unpaired) electrons. The van der Waals surface area contributed by atoms with Gasteiger partial charge in [-0.15, -0.1) is 0 Å². The lowest BCUT2D eigenvalue weighted by atomic mass is 10.0. The Labute approximate surface area is 124 Å². The van der Waals surface area contributed by atoms with Gasteiger partial charge in [0.05, 0.1) is 12.8 Å². The summed E-state index contributed by atoms with van der Waals surface area (Å²) in [4.78, 5) is 8.34. The zero-order valence-electron chi connectivity index (χ0n) is 12.1. The average molecular weight is 285 g/mol. The Kier molecular flexibility index (Phi) is 4.31. The topological polar surface area (TPSA) is 56.3 Å². The number of fused-ring (bicyclic) bond motifs is 1. The first kappa shape index (κ1) is 13.8. The number of para-hydroxylation sites is 1. The highest BCUT2D eigenvalue weighted by Gasteiger charge is 2.21. The molecule has 0 amide bonds. The Hall–Kier alpha value is -2.14. The molecule has 110 valence electrons. The third kappa shape index (κ3) is 3.31. The van der Waals surface area contributed by atoms with Crippen LogP contribution in [0.5, 0.6) is 11.5 Å². The molecule has 21 heavy (non-hydrogen) atoms. The van der Waals surface area contributed by atoms with Crippen molar-refractivity contribution in [1.29, 1.82) is 0 Å². The molecule has 1 aromatic heterocycles. The zero-order chi connectivity index (χ0) is 14.5. The van der Waals surface area contributed by atoms with Crippen molar-refractivity contribution in [1.82, 2.24) is 15.3 Å². The van der Waals surface area contributed by atoms with Crippen molar-refractivity contribution in [2.45, 2.75) is 18.9 Å². The molecular weight excluding hydrogens is 266 g/mol. The van der Waals surface area contributed by atoms with E-state index >= 15 is 0 Å². The third-order valence-corrected chi connectivity index (χ3v) is 3.61. The van der Waals surface area contributed by atoms with Crippen LogP contribution in [0.4, 0.5) is 0 Å². The van der Waals surface area contributed by atoms with E-state index in [0.717, 1.165) is 36.6 Å². The van der Waals surface area contributed by atoms with Crippen molar-refractivity contribution in [2.75, 3.05) is 20.3 Å². The van der Waals surface area contributed by atoms with Gasteiger partial charge in [-0.05, 0) is 18.1 Å². The standard InChI is InChI=1S/C16H19N3O2/c1-20-15-4-2-3-12-9-14(11-21-16(12)15)18-6-5-13-10-17-7-8-19-13/h2-4,7-8,10,14,18H,5-6,9,11H2,1H3. The molecule has 0 aliphatic carbocycles. The molecule has 0 spiro atoms. The molecule has 5 heteroatoms. The molecule has 1 aromatic carbocycles. The Bertz CT molecular complexity index is 589. The van der Waals surface area contributed by atoms with Crippen LogP contribution >= 0.6 is 0 Å². The fourth-order valence-corrected chi connectivity index (χ4v) is 2.55. The highest BCUT2D eigenvalue weighted by atomic mass is 16.5. The Morgan fingerprint density at radius 3 is 3.14 bits per heavy atom. The number of nitrogens with one attached hydrogen (secondary N) is 1. The van der Waals surface area contributed by atoms with E-state index in [2.05, 4.69) is 21.4 Å². The number of rotatable bonds is 5. The van der Waals surface area contributed by atoms with Gasteiger partial charge in [-0.3, -0.25) is 9.97 Å². The van der Waals surface area contributed by atoms with E-state index < -0.39 is 0 Å². The van der Waals surface area contributed by atoms with Gasteiger partial charge in [0.1, 0.15) is 6.61 Å². The minimum Gasteiger partial charge on any atom is -0.493 e. The highest BCUT2D eigenvalue weighted by Crippen LogP contribution is 2.34. The molecule has 2 heterocycles. The van der Waals surface area contributed by atoms with Gasteiger partial charge in [-0.2, -0.15) is 0 Å². The fourth-order valence-electron chi connectivity index (χ4n) is 2.55. The van der Waals surface area contributed by atoms with Gasteiger partial charge in [0, 0.05) is 37.6 Å². The van der Waals surface area contributed by atoms with Gasteiger partial charge in [0.15, 0.2) is 11.5 Å². The van der Waals surface area contributed by atoms with E-state index in [4.69, 9.17) is 9.47 Å². The number of methoxy groups -OCH3 is 1. The van der Waals surface area contributed by atoms with Crippen LogP contribution in [0.15, 0.2) is 36.8 Å². The minimum absolute atomic E-state index is 0.321. The van der Waals surface area contributed by atoms with Crippen molar-refractivity contribution in [3.8, 4) is 11.5 Å². The summed E-state index contributed by atoms with van der Waals surface area (Å²) in [6.07, 6.45) is 7.04. The van der Waals surface area contributed by atoms with Gasteiger partial charge in [-0.25, -0.2) is 0 Å². The molecule has 0 fully saturated rings. The second-order valence-corrected chi connectivity index (χ2v) is 5.06. The summed E-state index contributed by atoms with van der Waals surface area (Å²) in [5.41, 5.74) is 2.20. The van der Waals surface area contributed by atoms with Crippen molar-refractivity contribution in [3.05, 3.63) is 48.0 Å².